The van der Waals surface area contributed by atoms with Gasteiger partial charge in [-0.3, -0.25) is 4.79 Å². The molecule has 0 aliphatic rings. The Morgan fingerprint density at radius 2 is 1.89 bits per heavy atom. The minimum absolute atomic E-state index is 0.0556. The van der Waals surface area contributed by atoms with E-state index in [-0.39, 0.29) is 18.0 Å². The Kier molecular flexibility index (Phi) is 7.30. The monoisotopic (exact) mass is 385 g/mol. The summed E-state index contributed by atoms with van der Waals surface area (Å²) in [6.07, 6.45) is 2.03. The van der Waals surface area contributed by atoms with Crippen molar-refractivity contribution in [1.29, 1.82) is 0 Å². The molecule has 5 nitrogen and oxygen atoms in total. The molecule has 0 unspecified atom stereocenters. The molecule has 0 fully saturated rings. The second-order valence-corrected chi connectivity index (χ2v) is 7.68. The molecular formula is C21H27N3O2S. The molecule has 0 bridgehead atoms. The van der Waals surface area contributed by atoms with Gasteiger partial charge in [0, 0.05) is 35.8 Å². The lowest BCUT2D eigenvalue weighted by Crippen LogP contribution is -2.32. The van der Waals surface area contributed by atoms with E-state index in [1.165, 1.54) is 4.90 Å². The molecule has 27 heavy (non-hydrogen) atoms. The molecule has 2 N–H and O–H groups in total. The number of anilines is 1. The highest BCUT2D eigenvalue weighted by atomic mass is 32.2. The SMILES string of the molecule is CSc1cccc(CN(C)C(=O)Nc2cc(C(=O)NC(C)C)ccc2C)c1. The van der Waals surface area contributed by atoms with Crippen LogP contribution in [0.1, 0.15) is 35.3 Å². The highest BCUT2D eigenvalue weighted by Gasteiger charge is 2.14. The average Bonchev–Trinajstić information content (AvgIpc) is 2.62. The minimum Gasteiger partial charge on any atom is -0.350 e. The van der Waals surface area contributed by atoms with E-state index in [4.69, 9.17) is 0 Å². The fraction of sp³-hybridized carbons (Fsp3) is 0.333. The summed E-state index contributed by atoms with van der Waals surface area (Å²) >= 11 is 1.67. The van der Waals surface area contributed by atoms with Crippen molar-refractivity contribution in [2.24, 2.45) is 0 Å². The first-order valence-corrected chi connectivity index (χ1v) is 10.1. The molecule has 2 aromatic carbocycles. The molecule has 2 rings (SSSR count). The van der Waals surface area contributed by atoms with Crippen molar-refractivity contribution in [3.8, 4) is 0 Å². The van der Waals surface area contributed by atoms with Gasteiger partial charge in [-0.05, 0) is 62.4 Å². The standard InChI is InChI=1S/C21H27N3O2S/c1-14(2)22-20(25)17-10-9-15(3)19(12-17)23-21(26)24(4)13-16-7-6-8-18(11-16)27-5/h6-12,14H,13H2,1-5H3,(H,22,25)(H,23,26). The fourth-order valence-electron chi connectivity index (χ4n) is 2.57. The maximum atomic E-state index is 12.6. The Labute approximate surface area is 165 Å². The zero-order valence-corrected chi connectivity index (χ0v) is 17.3. The van der Waals surface area contributed by atoms with E-state index in [0.29, 0.717) is 17.8 Å². The van der Waals surface area contributed by atoms with Crippen molar-refractivity contribution in [1.82, 2.24) is 10.2 Å². The molecule has 0 saturated carbocycles. The van der Waals surface area contributed by atoms with Gasteiger partial charge in [0.2, 0.25) is 0 Å². The highest BCUT2D eigenvalue weighted by Crippen LogP contribution is 2.19. The van der Waals surface area contributed by atoms with Crippen LogP contribution >= 0.6 is 11.8 Å². The van der Waals surface area contributed by atoms with Crippen LogP contribution in [0.25, 0.3) is 0 Å². The van der Waals surface area contributed by atoms with Crippen LogP contribution in [0.3, 0.4) is 0 Å². The van der Waals surface area contributed by atoms with Crippen molar-refractivity contribution in [2.75, 3.05) is 18.6 Å². The van der Waals surface area contributed by atoms with Crippen molar-refractivity contribution in [3.05, 3.63) is 59.2 Å². The number of carbonyl (C=O) groups is 2. The summed E-state index contributed by atoms with van der Waals surface area (Å²) in [6.45, 7) is 6.24. The van der Waals surface area contributed by atoms with Gasteiger partial charge >= 0.3 is 6.03 Å². The normalized spacial score (nSPS) is 10.6. The van der Waals surface area contributed by atoms with Crippen molar-refractivity contribution in [3.63, 3.8) is 0 Å². The molecule has 144 valence electrons. The predicted octanol–water partition coefficient (Wildman–Crippen LogP) is 4.52. The number of nitrogens with one attached hydrogen (secondary N) is 2. The van der Waals surface area contributed by atoms with Gasteiger partial charge in [0.05, 0.1) is 0 Å². The second kappa shape index (κ2) is 9.46. The molecule has 0 aliphatic heterocycles. The molecule has 3 amide bonds. The number of carbonyl (C=O) groups excluding carboxylic acids is 2. The van der Waals surface area contributed by atoms with E-state index >= 15 is 0 Å². The first-order valence-electron chi connectivity index (χ1n) is 8.86. The lowest BCUT2D eigenvalue weighted by molar-refractivity contribution is 0.0943. The minimum atomic E-state index is -0.214. The lowest BCUT2D eigenvalue weighted by Gasteiger charge is -2.20. The molecule has 6 heteroatoms. The Balaban J connectivity index is 2.08. The number of benzene rings is 2. The Morgan fingerprint density at radius 1 is 1.15 bits per heavy atom. The smallest absolute Gasteiger partial charge is 0.321 e. The summed E-state index contributed by atoms with van der Waals surface area (Å²) in [5, 5.41) is 5.77. The third-order valence-corrected chi connectivity index (χ3v) is 4.79. The van der Waals surface area contributed by atoms with Crippen LogP contribution in [-0.4, -0.2) is 36.2 Å². The molecule has 0 aliphatic carbocycles. The number of thioether (sulfide) groups is 1. The summed E-state index contributed by atoms with van der Waals surface area (Å²) in [4.78, 5) is 27.6. The van der Waals surface area contributed by atoms with Gasteiger partial charge in [0.15, 0.2) is 0 Å². The average molecular weight is 386 g/mol. The van der Waals surface area contributed by atoms with E-state index < -0.39 is 0 Å². The van der Waals surface area contributed by atoms with Crippen molar-refractivity contribution >= 4 is 29.4 Å². The number of rotatable bonds is 6. The van der Waals surface area contributed by atoms with Gasteiger partial charge in [-0.2, -0.15) is 0 Å². The van der Waals surface area contributed by atoms with Crippen LogP contribution in [0.2, 0.25) is 0 Å². The summed E-state index contributed by atoms with van der Waals surface area (Å²) in [5.41, 5.74) is 3.14. The molecule has 0 spiro atoms. The van der Waals surface area contributed by atoms with Crippen LogP contribution < -0.4 is 10.6 Å². The summed E-state index contributed by atoms with van der Waals surface area (Å²) < 4.78 is 0. The predicted molar refractivity (Wildman–Crippen MR) is 112 cm³/mol. The summed E-state index contributed by atoms with van der Waals surface area (Å²) in [5.74, 6) is -0.150. The third kappa shape index (κ3) is 6.03. The van der Waals surface area contributed by atoms with Gasteiger partial charge in [-0.1, -0.05) is 18.2 Å². The maximum absolute atomic E-state index is 12.6. The number of urea groups is 1. The van der Waals surface area contributed by atoms with E-state index in [9.17, 15) is 9.59 Å². The number of amides is 3. The second-order valence-electron chi connectivity index (χ2n) is 6.80. The van der Waals surface area contributed by atoms with Crippen LogP contribution in [0.15, 0.2) is 47.4 Å². The Hall–Kier alpha value is -2.47. The van der Waals surface area contributed by atoms with Crippen molar-refractivity contribution < 1.29 is 9.59 Å². The van der Waals surface area contributed by atoms with E-state index in [0.717, 1.165) is 11.1 Å². The van der Waals surface area contributed by atoms with E-state index in [1.807, 2.05) is 51.3 Å². The summed E-state index contributed by atoms with van der Waals surface area (Å²) in [7, 11) is 1.76. The molecule has 0 saturated heterocycles. The van der Waals surface area contributed by atoms with Crippen molar-refractivity contribution in [2.45, 2.75) is 38.3 Å². The number of hydrogen-bond donors (Lipinski definition) is 2. The first kappa shape index (κ1) is 20.8. The van der Waals surface area contributed by atoms with E-state index in [2.05, 4.69) is 16.7 Å². The fourth-order valence-corrected chi connectivity index (χ4v) is 3.05. The largest absolute Gasteiger partial charge is 0.350 e. The molecule has 2 aromatic rings. The van der Waals surface area contributed by atoms with Crippen LogP contribution in [-0.2, 0) is 6.54 Å². The molecular weight excluding hydrogens is 358 g/mol. The topological polar surface area (TPSA) is 61.4 Å². The van der Waals surface area contributed by atoms with E-state index in [1.54, 1.807) is 35.8 Å². The first-order chi connectivity index (χ1) is 12.8. The zero-order chi connectivity index (χ0) is 20.0. The van der Waals surface area contributed by atoms with Gasteiger partial charge in [0.25, 0.3) is 5.91 Å². The third-order valence-electron chi connectivity index (χ3n) is 4.06. The van der Waals surface area contributed by atoms with Gasteiger partial charge in [0.1, 0.15) is 0 Å². The van der Waals surface area contributed by atoms with Crippen LogP contribution in [0.4, 0.5) is 10.5 Å². The molecule has 0 atom stereocenters. The summed E-state index contributed by atoms with van der Waals surface area (Å²) in [6, 6.07) is 13.3. The zero-order valence-electron chi connectivity index (χ0n) is 16.5. The number of aryl methyl sites for hydroxylation is 1. The number of nitrogens with zero attached hydrogens (tertiary/aromatic N) is 1. The van der Waals surface area contributed by atoms with Crippen LogP contribution in [0.5, 0.6) is 0 Å². The quantitative estimate of drug-likeness (QED) is 0.719. The lowest BCUT2D eigenvalue weighted by atomic mass is 10.1. The Morgan fingerprint density at radius 3 is 2.56 bits per heavy atom. The van der Waals surface area contributed by atoms with Gasteiger partial charge in [-0.15, -0.1) is 11.8 Å². The maximum Gasteiger partial charge on any atom is 0.321 e. The van der Waals surface area contributed by atoms with Gasteiger partial charge in [-0.25, -0.2) is 4.79 Å². The molecule has 0 aromatic heterocycles. The Bertz CT molecular complexity index is 821. The van der Waals surface area contributed by atoms with Gasteiger partial charge < -0.3 is 15.5 Å². The van der Waals surface area contributed by atoms with Crippen LogP contribution in [0, 0.1) is 6.92 Å². The highest BCUT2D eigenvalue weighted by molar-refractivity contribution is 7.98. The molecule has 0 heterocycles. The molecule has 0 radical (unpaired) electrons. The number of hydrogen-bond acceptors (Lipinski definition) is 3.